The van der Waals surface area contributed by atoms with Gasteiger partial charge in [-0.05, 0) is 42.8 Å². The third-order valence-corrected chi connectivity index (χ3v) is 6.74. The first-order chi connectivity index (χ1) is 18.9. The number of nitrogen functional groups attached to an aromatic ring is 1. The van der Waals surface area contributed by atoms with Gasteiger partial charge in [-0.25, -0.2) is 23.4 Å². The maximum Gasteiger partial charge on any atom is 0.164 e. The van der Waals surface area contributed by atoms with Crippen molar-refractivity contribution in [2.24, 2.45) is 0 Å². The second kappa shape index (κ2) is 9.32. The van der Waals surface area contributed by atoms with Crippen LogP contribution in [0.15, 0.2) is 78.8 Å². The minimum Gasteiger partial charge on any atom is -0.508 e. The molecule has 3 aromatic carbocycles. The summed E-state index contributed by atoms with van der Waals surface area (Å²) in [5, 5.41) is 15.1. The molecule has 6 rings (SSSR count). The van der Waals surface area contributed by atoms with Gasteiger partial charge in [0, 0.05) is 22.8 Å². The van der Waals surface area contributed by atoms with Crippen LogP contribution in [-0.2, 0) is 4.79 Å². The van der Waals surface area contributed by atoms with E-state index in [0.717, 1.165) is 12.4 Å². The molecule has 194 valence electrons. The van der Waals surface area contributed by atoms with Gasteiger partial charge in [-0.2, -0.15) is 5.10 Å². The molecule has 0 bridgehead atoms. The number of nitrogens with zero attached hydrogens (tertiary/aromatic N) is 4. The number of nitrogens with two attached hydrogens (primary N) is 1. The molecule has 0 aliphatic carbocycles. The largest absolute Gasteiger partial charge is 0.508 e. The molecule has 2 atom stereocenters. The number of phenols is 1. The second-order valence-electron chi connectivity index (χ2n) is 9.17. The van der Waals surface area contributed by atoms with Crippen molar-refractivity contribution in [1.29, 1.82) is 0 Å². The van der Waals surface area contributed by atoms with E-state index in [4.69, 9.17) is 15.6 Å². The molecule has 0 spiro atoms. The molecule has 0 saturated heterocycles. The minimum absolute atomic E-state index is 0.109. The Labute approximate surface area is 221 Å². The zero-order chi connectivity index (χ0) is 27.3. The van der Waals surface area contributed by atoms with E-state index in [1.165, 1.54) is 35.3 Å². The number of phenolic OH excluding ortho intramolecular Hbond substituents is 1. The summed E-state index contributed by atoms with van der Waals surface area (Å²) in [5.74, 6) is -1.20. The Morgan fingerprint density at radius 1 is 1.03 bits per heavy atom. The lowest BCUT2D eigenvalue weighted by atomic mass is 9.83. The smallest absolute Gasteiger partial charge is 0.164 e. The average Bonchev–Trinajstić information content (AvgIpc) is 3.32. The normalized spacial score (nSPS) is 15.6. The molecule has 0 saturated carbocycles. The standard InChI is InChI=1S/C29H21F2N5O3/c1-15(36-29-25(28(32)33-14-34-29)26(35-36)17-10-19(31)12-20(38)11-17)27-24(16-5-4-6-18(30)9-16)22(13-37)21-7-2-3-8-23(21)39-27/h2-15,22,38H,1H3,(H2,32,33,34). The lowest BCUT2D eigenvalue weighted by Crippen LogP contribution is -2.23. The van der Waals surface area contributed by atoms with Crippen LogP contribution >= 0.6 is 0 Å². The molecule has 2 aromatic heterocycles. The number of fused-ring (bicyclic) bond motifs is 2. The monoisotopic (exact) mass is 525 g/mol. The summed E-state index contributed by atoms with van der Waals surface area (Å²) < 4.78 is 36.5. The van der Waals surface area contributed by atoms with E-state index in [2.05, 4.69) is 9.97 Å². The number of ether oxygens (including phenoxy) is 1. The van der Waals surface area contributed by atoms with E-state index >= 15 is 0 Å². The Morgan fingerprint density at radius 3 is 2.59 bits per heavy atom. The molecule has 10 heteroatoms. The lowest BCUT2D eigenvalue weighted by Gasteiger charge is -2.31. The van der Waals surface area contributed by atoms with Gasteiger partial charge >= 0.3 is 0 Å². The number of allylic oxidation sites excluding steroid dienone is 2. The summed E-state index contributed by atoms with van der Waals surface area (Å²) in [6.45, 7) is 1.79. The maximum absolute atomic E-state index is 14.4. The number of anilines is 1. The highest BCUT2D eigenvalue weighted by Crippen LogP contribution is 2.46. The minimum atomic E-state index is -0.740. The summed E-state index contributed by atoms with van der Waals surface area (Å²) in [4.78, 5) is 21.0. The number of aromatic nitrogens is 4. The number of rotatable bonds is 5. The average molecular weight is 526 g/mol. The van der Waals surface area contributed by atoms with Crippen LogP contribution in [0.3, 0.4) is 0 Å². The molecule has 0 radical (unpaired) electrons. The van der Waals surface area contributed by atoms with Gasteiger partial charge in [0.05, 0.1) is 11.3 Å². The zero-order valence-corrected chi connectivity index (χ0v) is 20.5. The van der Waals surface area contributed by atoms with Gasteiger partial charge in [-0.3, -0.25) is 0 Å². The molecule has 1 aliphatic rings. The topological polar surface area (TPSA) is 116 Å². The number of aldehydes is 1. The number of benzene rings is 3. The number of halogens is 2. The van der Waals surface area contributed by atoms with Crippen LogP contribution in [-0.4, -0.2) is 31.1 Å². The predicted octanol–water partition coefficient (Wildman–Crippen LogP) is 5.41. The van der Waals surface area contributed by atoms with Gasteiger partial charge in [0.15, 0.2) is 5.65 Å². The van der Waals surface area contributed by atoms with Crippen molar-refractivity contribution >= 4 is 28.7 Å². The highest BCUT2D eigenvalue weighted by molar-refractivity contribution is 5.98. The highest BCUT2D eigenvalue weighted by atomic mass is 19.1. The summed E-state index contributed by atoms with van der Waals surface area (Å²) in [7, 11) is 0. The molecule has 5 aromatic rings. The van der Waals surface area contributed by atoms with Crippen molar-refractivity contribution in [2.45, 2.75) is 18.9 Å². The van der Waals surface area contributed by atoms with Gasteiger partial charge in [0.2, 0.25) is 0 Å². The van der Waals surface area contributed by atoms with Gasteiger partial charge < -0.3 is 20.4 Å². The Hall–Kier alpha value is -5.12. The van der Waals surface area contributed by atoms with Crippen LogP contribution in [0.1, 0.15) is 30.0 Å². The Kier molecular flexibility index (Phi) is 5.79. The van der Waals surface area contributed by atoms with Gasteiger partial charge in [0.25, 0.3) is 0 Å². The van der Waals surface area contributed by atoms with Crippen LogP contribution in [0.4, 0.5) is 14.6 Å². The van der Waals surface area contributed by atoms with Crippen molar-refractivity contribution in [1.82, 2.24) is 19.7 Å². The van der Waals surface area contributed by atoms with Crippen molar-refractivity contribution in [2.75, 3.05) is 5.73 Å². The molecular formula is C29H21F2N5O3. The molecule has 39 heavy (non-hydrogen) atoms. The first-order valence-electron chi connectivity index (χ1n) is 12.1. The van der Waals surface area contributed by atoms with E-state index in [0.29, 0.717) is 39.2 Å². The first kappa shape index (κ1) is 24.2. The molecule has 8 nitrogen and oxygen atoms in total. The third-order valence-electron chi connectivity index (χ3n) is 6.74. The fourth-order valence-electron chi connectivity index (χ4n) is 5.03. The summed E-state index contributed by atoms with van der Waals surface area (Å²) in [6.07, 6.45) is 2.08. The van der Waals surface area contributed by atoms with E-state index in [1.807, 2.05) is 0 Å². The van der Waals surface area contributed by atoms with Gasteiger partial charge in [-0.1, -0.05) is 30.3 Å². The van der Waals surface area contributed by atoms with Crippen LogP contribution in [0, 0.1) is 11.6 Å². The number of hydrogen-bond donors (Lipinski definition) is 2. The number of aromatic hydroxyl groups is 1. The molecule has 1 aliphatic heterocycles. The lowest BCUT2D eigenvalue weighted by molar-refractivity contribution is -0.108. The number of para-hydroxylation sites is 1. The van der Waals surface area contributed by atoms with Crippen LogP contribution in [0.5, 0.6) is 11.5 Å². The van der Waals surface area contributed by atoms with Crippen LogP contribution in [0.25, 0.3) is 27.9 Å². The SMILES string of the molecule is CC(C1=C(c2cccc(F)c2)C(C=O)c2ccccc2O1)n1nc(-c2cc(O)cc(F)c2)c2c(N)ncnc21. The van der Waals surface area contributed by atoms with Crippen LogP contribution < -0.4 is 10.5 Å². The van der Waals surface area contributed by atoms with Crippen molar-refractivity contribution < 1.29 is 23.4 Å². The second-order valence-corrected chi connectivity index (χ2v) is 9.17. The van der Waals surface area contributed by atoms with Gasteiger partial charge in [-0.15, -0.1) is 0 Å². The highest BCUT2D eigenvalue weighted by Gasteiger charge is 2.35. The van der Waals surface area contributed by atoms with Crippen molar-refractivity contribution in [3.63, 3.8) is 0 Å². The van der Waals surface area contributed by atoms with Crippen LogP contribution in [0.2, 0.25) is 0 Å². The Bertz CT molecular complexity index is 1780. The fraction of sp³-hybridized carbons (Fsp3) is 0.103. The first-order valence-corrected chi connectivity index (χ1v) is 12.1. The van der Waals surface area contributed by atoms with Crippen molar-refractivity contribution in [3.8, 4) is 22.8 Å². The van der Waals surface area contributed by atoms with E-state index in [9.17, 15) is 18.7 Å². The number of carbonyl (C=O) groups is 1. The summed E-state index contributed by atoms with van der Waals surface area (Å²) in [5.41, 5.74) is 8.66. The maximum atomic E-state index is 14.4. The summed E-state index contributed by atoms with van der Waals surface area (Å²) >= 11 is 0. The third kappa shape index (κ3) is 4.06. The fourth-order valence-corrected chi connectivity index (χ4v) is 5.03. The van der Waals surface area contributed by atoms with Crippen molar-refractivity contribution in [3.05, 3.63) is 102 Å². The van der Waals surface area contributed by atoms with E-state index < -0.39 is 23.6 Å². The summed E-state index contributed by atoms with van der Waals surface area (Å²) in [6, 6.07) is 16.0. The Morgan fingerprint density at radius 2 is 1.82 bits per heavy atom. The van der Waals surface area contributed by atoms with E-state index in [1.54, 1.807) is 43.3 Å². The molecule has 3 heterocycles. The zero-order valence-electron chi connectivity index (χ0n) is 20.5. The predicted molar refractivity (Wildman–Crippen MR) is 141 cm³/mol. The molecule has 2 unspecified atom stereocenters. The number of hydrogen-bond acceptors (Lipinski definition) is 7. The Balaban J connectivity index is 1.61. The quantitative estimate of drug-likeness (QED) is 0.295. The molecule has 3 N–H and O–H groups in total. The number of carbonyl (C=O) groups excluding carboxylic acids is 1. The van der Waals surface area contributed by atoms with Gasteiger partial charge in [0.1, 0.15) is 59.1 Å². The van der Waals surface area contributed by atoms with E-state index in [-0.39, 0.29) is 22.8 Å². The molecule has 0 fully saturated rings. The molecular weight excluding hydrogens is 504 g/mol. The molecule has 0 amide bonds.